The molecule has 3 aromatic rings. The number of nitrogens with one attached hydrogen (secondary N) is 1. The number of esters is 1. The SMILES string of the molecule is O=C(CCC(=O)OCC(=O)c1ccc(Br)cc1)Nc1ccc(C(=O)/C=C/c2ccco2)cc1. The topological polar surface area (TPSA) is 103 Å². The molecule has 0 saturated carbocycles. The number of carbonyl (C=O) groups excluding carboxylic acids is 4. The minimum Gasteiger partial charge on any atom is -0.465 e. The molecule has 1 heterocycles. The molecule has 1 aromatic heterocycles. The van der Waals surface area contributed by atoms with E-state index in [4.69, 9.17) is 9.15 Å². The molecule has 0 spiro atoms. The molecule has 0 saturated heterocycles. The molecule has 33 heavy (non-hydrogen) atoms. The fourth-order valence-corrected chi connectivity index (χ4v) is 3.00. The van der Waals surface area contributed by atoms with Crippen molar-refractivity contribution in [2.24, 2.45) is 0 Å². The second-order valence-electron chi connectivity index (χ2n) is 6.93. The largest absolute Gasteiger partial charge is 0.465 e. The Hall–Kier alpha value is -3.78. The second-order valence-corrected chi connectivity index (χ2v) is 7.84. The first-order valence-electron chi connectivity index (χ1n) is 10.0. The number of Topliss-reactive ketones (excluding diaryl/α,β-unsaturated/α-hetero) is 1. The maximum Gasteiger partial charge on any atom is 0.306 e. The van der Waals surface area contributed by atoms with Crippen LogP contribution in [0.3, 0.4) is 0 Å². The lowest BCUT2D eigenvalue weighted by molar-refractivity contribution is -0.143. The number of allylic oxidation sites excluding steroid dienone is 1. The van der Waals surface area contributed by atoms with Gasteiger partial charge in [-0.1, -0.05) is 28.1 Å². The number of hydrogen-bond acceptors (Lipinski definition) is 6. The maximum atomic E-state index is 12.2. The lowest BCUT2D eigenvalue weighted by Crippen LogP contribution is -2.17. The third-order valence-electron chi connectivity index (χ3n) is 4.48. The Labute approximate surface area is 198 Å². The minimum atomic E-state index is -0.639. The van der Waals surface area contributed by atoms with Crippen LogP contribution < -0.4 is 5.32 Å². The molecule has 8 heteroatoms. The summed E-state index contributed by atoms with van der Waals surface area (Å²) in [5.41, 5.74) is 1.38. The van der Waals surface area contributed by atoms with E-state index < -0.39 is 5.97 Å². The normalized spacial score (nSPS) is 10.7. The lowest BCUT2D eigenvalue weighted by Gasteiger charge is -2.07. The van der Waals surface area contributed by atoms with Gasteiger partial charge in [0.05, 0.1) is 12.7 Å². The van der Waals surface area contributed by atoms with Gasteiger partial charge in [-0.3, -0.25) is 19.2 Å². The number of ketones is 2. The van der Waals surface area contributed by atoms with Crippen LogP contribution in [0.2, 0.25) is 0 Å². The van der Waals surface area contributed by atoms with Gasteiger partial charge in [-0.15, -0.1) is 0 Å². The van der Waals surface area contributed by atoms with E-state index in [0.717, 1.165) is 4.47 Å². The third-order valence-corrected chi connectivity index (χ3v) is 5.01. The smallest absolute Gasteiger partial charge is 0.306 e. The summed E-state index contributed by atoms with van der Waals surface area (Å²) in [4.78, 5) is 48.1. The predicted octanol–water partition coefficient (Wildman–Crippen LogP) is 5.08. The summed E-state index contributed by atoms with van der Waals surface area (Å²) in [7, 11) is 0. The maximum absolute atomic E-state index is 12.2. The Morgan fingerprint density at radius 3 is 2.27 bits per heavy atom. The van der Waals surface area contributed by atoms with Crippen molar-refractivity contribution in [1.29, 1.82) is 0 Å². The standard InChI is InChI=1S/C25H20BrNO6/c26-19-7-3-18(4-8-19)23(29)16-33-25(31)14-13-24(30)27-20-9-5-17(6-10-20)22(28)12-11-21-2-1-15-32-21/h1-12,15H,13-14,16H2,(H,27,30)/b12-11+. The molecular formula is C25H20BrNO6. The van der Waals surface area contributed by atoms with Gasteiger partial charge in [0.2, 0.25) is 5.91 Å². The highest BCUT2D eigenvalue weighted by molar-refractivity contribution is 9.10. The first kappa shape index (κ1) is 23.9. The van der Waals surface area contributed by atoms with Gasteiger partial charge in [0, 0.05) is 27.7 Å². The molecule has 0 aliphatic rings. The van der Waals surface area contributed by atoms with E-state index in [0.29, 0.717) is 22.6 Å². The number of amides is 1. The van der Waals surface area contributed by atoms with Crippen molar-refractivity contribution in [2.75, 3.05) is 11.9 Å². The van der Waals surface area contributed by atoms with Crippen LogP contribution in [0.15, 0.2) is 81.9 Å². The lowest BCUT2D eigenvalue weighted by atomic mass is 10.1. The third kappa shape index (κ3) is 7.69. The molecule has 0 atom stereocenters. The summed E-state index contributed by atoms with van der Waals surface area (Å²) in [5, 5.41) is 2.65. The molecular weight excluding hydrogens is 490 g/mol. The van der Waals surface area contributed by atoms with Crippen molar-refractivity contribution in [3.8, 4) is 0 Å². The van der Waals surface area contributed by atoms with E-state index in [1.54, 1.807) is 66.7 Å². The molecule has 1 amide bonds. The van der Waals surface area contributed by atoms with Crippen molar-refractivity contribution in [1.82, 2.24) is 0 Å². The highest BCUT2D eigenvalue weighted by atomic mass is 79.9. The highest BCUT2D eigenvalue weighted by Gasteiger charge is 2.12. The predicted molar refractivity (Wildman–Crippen MR) is 126 cm³/mol. The zero-order chi connectivity index (χ0) is 23.6. The Balaban J connectivity index is 1.40. The van der Waals surface area contributed by atoms with Crippen LogP contribution in [0, 0.1) is 0 Å². The summed E-state index contributed by atoms with van der Waals surface area (Å²) < 4.78 is 10.9. The van der Waals surface area contributed by atoms with Crippen LogP contribution in [-0.2, 0) is 14.3 Å². The molecule has 0 unspecified atom stereocenters. The summed E-state index contributed by atoms with van der Waals surface area (Å²) >= 11 is 3.28. The Morgan fingerprint density at radius 2 is 1.61 bits per heavy atom. The zero-order valence-corrected chi connectivity index (χ0v) is 19.0. The number of halogens is 1. The van der Waals surface area contributed by atoms with Gasteiger partial charge in [0.15, 0.2) is 18.2 Å². The van der Waals surface area contributed by atoms with Crippen LogP contribution in [0.1, 0.15) is 39.3 Å². The van der Waals surface area contributed by atoms with Crippen LogP contribution in [0.4, 0.5) is 5.69 Å². The summed E-state index contributed by atoms with van der Waals surface area (Å²) in [6.07, 6.45) is 4.24. The fraction of sp³-hybridized carbons (Fsp3) is 0.120. The average Bonchev–Trinajstić information content (AvgIpc) is 3.34. The molecule has 0 aliphatic heterocycles. The quantitative estimate of drug-likeness (QED) is 0.232. The van der Waals surface area contributed by atoms with Crippen molar-refractivity contribution in [3.05, 3.63) is 94.4 Å². The van der Waals surface area contributed by atoms with Crippen molar-refractivity contribution in [3.63, 3.8) is 0 Å². The molecule has 2 aromatic carbocycles. The van der Waals surface area contributed by atoms with E-state index in [9.17, 15) is 19.2 Å². The van der Waals surface area contributed by atoms with Crippen LogP contribution in [0.5, 0.6) is 0 Å². The second kappa shape index (κ2) is 11.7. The van der Waals surface area contributed by atoms with Crippen molar-refractivity contribution >= 4 is 51.1 Å². The van der Waals surface area contributed by atoms with Gasteiger partial charge < -0.3 is 14.5 Å². The Bertz CT molecular complexity index is 1150. The van der Waals surface area contributed by atoms with Gasteiger partial charge in [0.1, 0.15) is 5.76 Å². The van der Waals surface area contributed by atoms with E-state index >= 15 is 0 Å². The van der Waals surface area contributed by atoms with Gasteiger partial charge in [-0.25, -0.2) is 0 Å². The van der Waals surface area contributed by atoms with Crippen LogP contribution in [0.25, 0.3) is 6.08 Å². The number of carbonyl (C=O) groups is 4. The Kier molecular flexibility index (Phi) is 8.49. The number of ether oxygens (including phenoxy) is 1. The minimum absolute atomic E-state index is 0.0993. The molecule has 0 aliphatic carbocycles. The fourth-order valence-electron chi connectivity index (χ4n) is 2.73. The van der Waals surface area contributed by atoms with E-state index in [-0.39, 0.29) is 36.9 Å². The number of furan rings is 1. The monoisotopic (exact) mass is 509 g/mol. The summed E-state index contributed by atoms with van der Waals surface area (Å²) in [5.74, 6) is -0.982. The van der Waals surface area contributed by atoms with E-state index in [2.05, 4.69) is 21.2 Å². The molecule has 0 bridgehead atoms. The highest BCUT2D eigenvalue weighted by Crippen LogP contribution is 2.13. The van der Waals surface area contributed by atoms with Gasteiger partial charge >= 0.3 is 5.97 Å². The number of hydrogen-bond donors (Lipinski definition) is 1. The van der Waals surface area contributed by atoms with Gasteiger partial charge in [-0.05, 0) is 60.7 Å². The zero-order valence-electron chi connectivity index (χ0n) is 17.5. The first-order chi connectivity index (χ1) is 15.9. The number of rotatable bonds is 10. The van der Waals surface area contributed by atoms with Crippen molar-refractivity contribution in [2.45, 2.75) is 12.8 Å². The molecule has 3 rings (SSSR count). The molecule has 0 radical (unpaired) electrons. The Morgan fingerprint density at radius 1 is 0.909 bits per heavy atom. The summed E-state index contributed by atoms with van der Waals surface area (Å²) in [6.45, 7) is -0.383. The average molecular weight is 510 g/mol. The first-order valence-corrected chi connectivity index (χ1v) is 10.8. The molecule has 1 N–H and O–H groups in total. The van der Waals surface area contributed by atoms with Crippen LogP contribution in [-0.4, -0.2) is 30.0 Å². The molecule has 0 fully saturated rings. The molecule has 7 nitrogen and oxygen atoms in total. The number of benzene rings is 2. The van der Waals surface area contributed by atoms with E-state index in [1.807, 2.05) is 0 Å². The number of anilines is 1. The van der Waals surface area contributed by atoms with Gasteiger partial charge in [-0.2, -0.15) is 0 Å². The molecule has 168 valence electrons. The summed E-state index contributed by atoms with van der Waals surface area (Å²) in [6, 6.07) is 16.5. The van der Waals surface area contributed by atoms with Crippen molar-refractivity contribution < 1.29 is 28.3 Å². The van der Waals surface area contributed by atoms with E-state index in [1.165, 1.54) is 12.3 Å². The van der Waals surface area contributed by atoms with Crippen LogP contribution >= 0.6 is 15.9 Å². The van der Waals surface area contributed by atoms with Gasteiger partial charge in [0.25, 0.3) is 0 Å².